The first-order chi connectivity index (χ1) is 6.13. The maximum Gasteiger partial charge on any atom is 0.0950 e. The molecule has 74 valence electrons. The van der Waals surface area contributed by atoms with E-state index in [9.17, 15) is 0 Å². The Balaban J connectivity index is 2.53. The molecule has 1 rings (SSSR count). The number of anilines is 1. The summed E-state index contributed by atoms with van der Waals surface area (Å²) in [5.74, 6) is 0. The Morgan fingerprint density at radius 3 is 2.85 bits per heavy atom. The number of likely N-dealkylation sites (N-methyl/N-ethyl adjacent to an activating group) is 1. The zero-order chi connectivity index (χ0) is 9.84. The Kier molecular flexibility index (Phi) is 3.99. The zero-order valence-electron chi connectivity index (χ0n) is 7.40. The smallest absolute Gasteiger partial charge is 0.0950 e. The maximum absolute atomic E-state index is 8.76. The molecule has 3 N–H and O–H groups in total. The molecule has 1 aromatic rings. The predicted molar refractivity (Wildman–Crippen MR) is 57.7 cm³/mol. The van der Waals surface area contributed by atoms with E-state index in [2.05, 4.69) is 0 Å². The number of aliphatic hydroxyl groups is 1. The van der Waals surface area contributed by atoms with E-state index >= 15 is 0 Å². The van der Waals surface area contributed by atoms with E-state index in [0.29, 0.717) is 6.54 Å². The highest BCUT2D eigenvalue weighted by Crippen LogP contribution is 2.28. The minimum Gasteiger partial charge on any atom is -0.395 e. The Morgan fingerprint density at radius 2 is 2.38 bits per heavy atom. The van der Waals surface area contributed by atoms with Crippen LogP contribution in [0.1, 0.15) is 0 Å². The third-order valence-electron chi connectivity index (χ3n) is 1.68. The summed E-state index contributed by atoms with van der Waals surface area (Å²) in [5.41, 5.74) is 5.60. The molecule has 0 saturated heterocycles. The first-order valence-corrected chi connectivity index (χ1v) is 5.16. The van der Waals surface area contributed by atoms with Crippen LogP contribution in [0.2, 0.25) is 4.34 Å². The van der Waals surface area contributed by atoms with Crippen molar-refractivity contribution in [3.05, 3.63) is 16.5 Å². The topological polar surface area (TPSA) is 49.5 Å². The molecule has 0 radical (unpaired) electrons. The zero-order valence-corrected chi connectivity index (χ0v) is 8.98. The molecule has 0 aromatic carbocycles. The van der Waals surface area contributed by atoms with Crippen molar-refractivity contribution in [3.63, 3.8) is 0 Å². The fourth-order valence-electron chi connectivity index (χ4n) is 1.01. The fraction of sp³-hybridized carbons (Fsp3) is 0.500. The minimum absolute atomic E-state index is 0.00342. The molecule has 1 unspecified atom stereocenters. The average molecular weight is 221 g/mol. The average Bonchev–Trinajstić information content (AvgIpc) is 2.51. The van der Waals surface area contributed by atoms with Gasteiger partial charge in [-0.2, -0.15) is 0 Å². The van der Waals surface area contributed by atoms with Gasteiger partial charge in [0.25, 0.3) is 0 Å². The van der Waals surface area contributed by atoms with Gasteiger partial charge in [-0.25, -0.2) is 0 Å². The molecule has 0 amide bonds. The molecular weight excluding hydrogens is 208 g/mol. The standard InChI is InChI=1S/C8H13ClN2OS/c1-11(4-6(10)5-12)8-3-2-7(9)13-8/h2-3,6,12H,4-5,10H2,1H3. The van der Waals surface area contributed by atoms with Gasteiger partial charge in [-0.1, -0.05) is 11.6 Å². The largest absolute Gasteiger partial charge is 0.395 e. The van der Waals surface area contributed by atoms with Crippen LogP contribution in [-0.2, 0) is 0 Å². The highest BCUT2D eigenvalue weighted by molar-refractivity contribution is 7.19. The SMILES string of the molecule is CN(CC(N)CO)c1ccc(Cl)s1. The van der Waals surface area contributed by atoms with E-state index in [1.807, 2.05) is 24.1 Å². The van der Waals surface area contributed by atoms with Crippen molar-refractivity contribution in [1.82, 2.24) is 0 Å². The van der Waals surface area contributed by atoms with Gasteiger partial charge in [-0.3, -0.25) is 0 Å². The number of hydrogen-bond acceptors (Lipinski definition) is 4. The second-order valence-corrected chi connectivity index (χ2v) is 4.59. The Morgan fingerprint density at radius 1 is 1.69 bits per heavy atom. The molecule has 0 saturated carbocycles. The molecular formula is C8H13ClN2OS. The van der Waals surface area contributed by atoms with Crippen molar-refractivity contribution in [2.24, 2.45) is 5.73 Å². The summed E-state index contributed by atoms with van der Waals surface area (Å²) in [6.07, 6.45) is 0. The van der Waals surface area contributed by atoms with Crippen LogP contribution in [-0.4, -0.2) is 31.3 Å². The van der Waals surface area contributed by atoms with Crippen LogP contribution < -0.4 is 10.6 Å². The second-order valence-electron chi connectivity index (χ2n) is 2.90. The van der Waals surface area contributed by atoms with Gasteiger partial charge >= 0.3 is 0 Å². The molecule has 0 aliphatic carbocycles. The van der Waals surface area contributed by atoms with Crippen LogP contribution in [0.25, 0.3) is 0 Å². The number of aliphatic hydroxyl groups excluding tert-OH is 1. The molecule has 0 bridgehead atoms. The maximum atomic E-state index is 8.76. The van der Waals surface area contributed by atoms with Crippen LogP contribution in [0.3, 0.4) is 0 Å². The molecule has 13 heavy (non-hydrogen) atoms. The van der Waals surface area contributed by atoms with Crippen molar-refractivity contribution in [2.75, 3.05) is 25.1 Å². The van der Waals surface area contributed by atoms with Crippen LogP contribution in [0, 0.1) is 0 Å². The van der Waals surface area contributed by atoms with Crippen molar-refractivity contribution in [1.29, 1.82) is 0 Å². The number of rotatable bonds is 4. The second kappa shape index (κ2) is 4.81. The summed E-state index contributed by atoms with van der Waals surface area (Å²) < 4.78 is 0.763. The van der Waals surface area contributed by atoms with Gasteiger partial charge in [0.1, 0.15) is 0 Å². The quantitative estimate of drug-likeness (QED) is 0.801. The highest BCUT2D eigenvalue weighted by atomic mass is 35.5. The predicted octanol–water partition coefficient (Wildman–Crippen LogP) is 1.16. The van der Waals surface area contributed by atoms with Crippen LogP contribution in [0.15, 0.2) is 12.1 Å². The number of nitrogens with two attached hydrogens (primary N) is 1. The molecule has 0 aliphatic heterocycles. The Labute approximate surface area is 86.7 Å². The Bertz CT molecular complexity index is 266. The Hall–Kier alpha value is -0.290. The number of halogens is 1. The normalized spacial score (nSPS) is 12.9. The molecule has 0 fully saturated rings. The lowest BCUT2D eigenvalue weighted by Gasteiger charge is -2.20. The van der Waals surface area contributed by atoms with E-state index in [0.717, 1.165) is 9.34 Å². The third kappa shape index (κ3) is 3.15. The first-order valence-electron chi connectivity index (χ1n) is 3.96. The molecule has 3 nitrogen and oxygen atoms in total. The summed E-state index contributed by atoms with van der Waals surface area (Å²) in [6.45, 7) is 0.636. The van der Waals surface area contributed by atoms with E-state index < -0.39 is 0 Å². The first kappa shape index (κ1) is 10.8. The lowest BCUT2D eigenvalue weighted by atomic mass is 10.3. The van der Waals surface area contributed by atoms with Gasteiger partial charge in [-0.05, 0) is 12.1 Å². The molecule has 0 aliphatic rings. The minimum atomic E-state index is -0.203. The van der Waals surface area contributed by atoms with Gasteiger partial charge in [0.2, 0.25) is 0 Å². The summed E-state index contributed by atoms with van der Waals surface area (Å²) in [6, 6.07) is 3.59. The molecule has 1 heterocycles. The van der Waals surface area contributed by atoms with Crippen molar-refractivity contribution in [2.45, 2.75) is 6.04 Å². The van der Waals surface area contributed by atoms with Gasteiger partial charge in [0.15, 0.2) is 0 Å². The molecule has 1 aromatic heterocycles. The van der Waals surface area contributed by atoms with Crippen molar-refractivity contribution in [3.8, 4) is 0 Å². The van der Waals surface area contributed by atoms with E-state index in [1.54, 1.807) is 0 Å². The van der Waals surface area contributed by atoms with E-state index in [4.69, 9.17) is 22.4 Å². The number of hydrogen-bond donors (Lipinski definition) is 2. The van der Waals surface area contributed by atoms with Gasteiger partial charge in [0.05, 0.1) is 15.9 Å². The van der Waals surface area contributed by atoms with Crippen LogP contribution in [0.5, 0.6) is 0 Å². The van der Waals surface area contributed by atoms with Crippen molar-refractivity contribution >= 4 is 27.9 Å². The van der Waals surface area contributed by atoms with Gasteiger partial charge in [0, 0.05) is 19.6 Å². The van der Waals surface area contributed by atoms with Crippen LogP contribution in [0.4, 0.5) is 5.00 Å². The summed E-state index contributed by atoms with van der Waals surface area (Å²) in [7, 11) is 1.93. The lowest BCUT2D eigenvalue weighted by molar-refractivity contribution is 0.267. The molecule has 5 heteroatoms. The van der Waals surface area contributed by atoms with Crippen molar-refractivity contribution < 1.29 is 5.11 Å². The third-order valence-corrected chi connectivity index (χ3v) is 3.02. The van der Waals surface area contributed by atoms with Gasteiger partial charge in [-0.15, -0.1) is 11.3 Å². The van der Waals surface area contributed by atoms with Crippen LogP contribution >= 0.6 is 22.9 Å². The molecule has 0 spiro atoms. The van der Waals surface area contributed by atoms with E-state index in [1.165, 1.54) is 11.3 Å². The highest BCUT2D eigenvalue weighted by Gasteiger charge is 2.08. The van der Waals surface area contributed by atoms with E-state index in [-0.39, 0.29) is 12.6 Å². The summed E-state index contributed by atoms with van der Waals surface area (Å²) >= 11 is 7.29. The monoisotopic (exact) mass is 220 g/mol. The number of nitrogens with zero attached hydrogens (tertiary/aromatic N) is 1. The molecule has 1 atom stereocenters. The number of thiophene rings is 1. The van der Waals surface area contributed by atoms with Gasteiger partial charge < -0.3 is 15.7 Å². The fourth-order valence-corrected chi connectivity index (χ4v) is 2.01. The summed E-state index contributed by atoms with van der Waals surface area (Å²) in [5, 5.41) is 9.83. The summed E-state index contributed by atoms with van der Waals surface area (Å²) in [4.78, 5) is 1.98. The lowest BCUT2D eigenvalue weighted by Crippen LogP contribution is -2.37.